The zero-order valence-electron chi connectivity index (χ0n) is 12.4. The van der Waals surface area contributed by atoms with Crippen LogP contribution in [-0.2, 0) is 5.41 Å². The van der Waals surface area contributed by atoms with Gasteiger partial charge in [0.05, 0.1) is 7.11 Å². The van der Waals surface area contributed by atoms with Gasteiger partial charge in [-0.25, -0.2) is 4.79 Å². The number of carboxylic acids is 1. The summed E-state index contributed by atoms with van der Waals surface area (Å²) in [5, 5.41) is 9.33. The minimum atomic E-state index is -1.42. The van der Waals surface area contributed by atoms with E-state index in [1.807, 2.05) is 33.9 Å². The average Bonchev–Trinajstić information content (AvgIpc) is 2.25. The molecule has 4 nitrogen and oxygen atoms in total. The van der Waals surface area contributed by atoms with Crippen molar-refractivity contribution >= 4 is 15.0 Å². The summed E-state index contributed by atoms with van der Waals surface area (Å²) in [5.74, 6) is 0.154. The first-order chi connectivity index (χ1) is 8.68. The summed E-state index contributed by atoms with van der Waals surface area (Å²) in [6.45, 7) is 10.1. The summed E-state index contributed by atoms with van der Waals surface area (Å²) < 4.78 is 11.3. The molecule has 0 aliphatic carbocycles. The van der Waals surface area contributed by atoms with Crippen LogP contribution in [0.2, 0.25) is 13.1 Å². The second-order valence-electron chi connectivity index (χ2n) is 5.74. The van der Waals surface area contributed by atoms with Gasteiger partial charge in [0.1, 0.15) is 17.1 Å². The van der Waals surface area contributed by atoms with E-state index in [4.69, 9.17) is 9.16 Å². The molecule has 0 radical (unpaired) electrons. The predicted molar refractivity (Wildman–Crippen MR) is 78.2 cm³/mol. The predicted octanol–water partition coefficient (Wildman–Crippen LogP) is 3.05. The molecule has 5 heteroatoms. The maximum absolute atomic E-state index is 11.4. The number of benzene rings is 1. The normalized spacial score (nSPS) is 11.5. The maximum Gasteiger partial charge on any atom is 0.339 e. The molecule has 0 unspecified atom stereocenters. The molecule has 0 heterocycles. The quantitative estimate of drug-likeness (QED) is 0.862. The minimum absolute atomic E-state index is 0.201. The van der Waals surface area contributed by atoms with E-state index < -0.39 is 15.0 Å². The van der Waals surface area contributed by atoms with Gasteiger partial charge in [0.25, 0.3) is 0 Å². The van der Waals surface area contributed by atoms with Gasteiger partial charge in [-0.2, -0.15) is 0 Å². The lowest BCUT2D eigenvalue weighted by Gasteiger charge is -2.27. The Kier molecular flexibility index (Phi) is 4.63. The Labute approximate surface area is 116 Å². The first kappa shape index (κ1) is 15.6. The maximum atomic E-state index is 11.4. The molecule has 1 rings (SSSR count). The lowest BCUT2D eigenvalue weighted by atomic mass is 9.84. The molecule has 106 valence electrons. The largest absolute Gasteiger partial charge is 0.546 e. The number of aromatic carboxylic acids is 1. The van der Waals surface area contributed by atoms with Gasteiger partial charge in [0.2, 0.25) is 9.04 Å². The lowest BCUT2D eigenvalue weighted by molar-refractivity contribution is 0.0694. The fraction of sp³-hybridized carbons (Fsp3) is 0.500. The Morgan fingerprint density at radius 1 is 1.26 bits per heavy atom. The van der Waals surface area contributed by atoms with Crippen molar-refractivity contribution < 1.29 is 19.1 Å². The van der Waals surface area contributed by atoms with Crippen LogP contribution < -0.4 is 9.16 Å². The van der Waals surface area contributed by atoms with Crippen LogP contribution in [0.15, 0.2) is 12.1 Å². The summed E-state index contributed by atoms with van der Waals surface area (Å²) in [5.41, 5.74) is 0.762. The molecule has 0 aliphatic heterocycles. The lowest BCUT2D eigenvalue weighted by Crippen LogP contribution is -2.21. The number of ether oxygens (including phenoxy) is 1. The van der Waals surface area contributed by atoms with Crippen molar-refractivity contribution in [3.8, 4) is 11.5 Å². The van der Waals surface area contributed by atoms with Gasteiger partial charge in [-0.05, 0) is 30.6 Å². The molecular weight excluding hydrogens is 260 g/mol. The van der Waals surface area contributed by atoms with E-state index in [2.05, 4.69) is 0 Å². The van der Waals surface area contributed by atoms with E-state index in [0.717, 1.165) is 5.56 Å². The summed E-state index contributed by atoms with van der Waals surface area (Å²) in [6, 6.07) is 3.24. The third kappa shape index (κ3) is 3.50. The van der Waals surface area contributed by atoms with Gasteiger partial charge in [0, 0.05) is 5.56 Å². The van der Waals surface area contributed by atoms with E-state index in [1.165, 1.54) is 0 Å². The molecule has 0 spiro atoms. The number of hydrogen-bond donors (Lipinski definition) is 1. The Morgan fingerprint density at radius 3 is 2.21 bits per heavy atom. The van der Waals surface area contributed by atoms with Gasteiger partial charge in [-0.1, -0.05) is 20.8 Å². The van der Waals surface area contributed by atoms with Crippen molar-refractivity contribution in [1.82, 2.24) is 0 Å². The number of methoxy groups -OCH3 is 1. The molecule has 19 heavy (non-hydrogen) atoms. The molecule has 0 saturated heterocycles. The summed E-state index contributed by atoms with van der Waals surface area (Å²) in [4.78, 5) is 11.4. The zero-order valence-corrected chi connectivity index (χ0v) is 13.6. The first-order valence-electron chi connectivity index (χ1n) is 6.30. The number of carboxylic acid groups (broad SMARTS) is 1. The highest BCUT2D eigenvalue weighted by atomic mass is 28.3. The number of hydrogen-bond acceptors (Lipinski definition) is 3. The van der Waals surface area contributed by atoms with E-state index in [-0.39, 0.29) is 11.0 Å². The van der Waals surface area contributed by atoms with Crippen LogP contribution in [0.5, 0.6) is 11.5 Å². The third-order valence-corrected chi connectivity index (χ3v) is 3.38. The molecule has 0 saturated carbocycles. The second kappa shape index (κ2) is 5.65. The molecule has 1 aromatic rings. The SMILES string of the molecule is COc1ccc(C(=O)O)c(O[SiH](C)C)c1C(C)(C)C. The van der Waals surface area contributed by atoms with E-state index in [0.29, 0.717) is 11.5 Å². The topological polar surface area (TPSA) is 55.8 Å². The Bertz CT molecular complexity index is 475. The molecule has 1 aromatic carbocycles. The zero-order chi connectivity index (χ0) is 14.8. The van der Waals surface area contributed by atoms with Crippen LogP contribution in [0.4, 0.5) is 0 Å². The van der Waals surface area contributed by atoms with Crippen LogP contribution >= 0.6 is 0 Å². The van der Waals surface area contributed by atoms with Crippen molar-refractivity contribution in [3.63, 3.8) is 0 Å². The van der Waals surface area contributed by atoms with Gasteiger partial charge < -0.3 is 14.3 Å². The van der Waals surface area contributed by atoms with Gasteiger partial charge in [-0.15, -0.1) is 0 Å². The van der Waals surface area contributed by atoms with E-state index in [9.17, 15) is 9.90 Å². The van der Waals surface area contributed by atoms with Crippen LogP contribution in [0.3, 0.4) is 0 Å². The van der Waals surface area contributed by atoms with E-state index in [1.54, 1.807) is 19.2 Å². The second-order valence-corrected chi connectivity index (χ2v) is 8.07. The van der Waals surface area contributed by atoms with Gasteiger partial charge >= 0.3 is 5.97 Å². The van der Waals surface area contributed by atoms with Crippen molar-refractivity contribution in [3.05, 3.63) is 23.3 Å². The highest BCUT2D eigenvalue weighted by molar-refractivity contribution is 6.49. The fourth-order valence-corrected chi connectivity index (χ4v) is 2.69. The molecule has 1 N–H and O–H groups in total. The highest BCUT2D eigenvalue weighted by Gasteiger charge is 2.28. The van der Waals surface area contributed by atoms with Crippen molar-refractivity contribution in [2.75, 3.05) is 7.11 Å². The average molecular weight is 282 g/mol. The van der Waals surface area contributed by atoms with Crippen molar-refractivity contribution in [1.29, 1.82) is 0 Å². The molecule has 0 aliphatic rings. The molecule has 0 fully saturated rings. The standard InChI is InChI=1S/C14H22O4Si/c1-14(2,3)11-10(17-4)8-7-9(13(15)16)12(11)18-19(5)6/h7-8,19H,1-6H3,(H,15,16). The highest BCUT2D eigenvalue weighted by Crippen LogP contribution is 2.41. The van der Waals surface area contributed by atoms with Crippen LogP contribution in [-0.4, -0.2) is 27.2 Å². The van der Waals surface area contributed by atoms with Gasteiger partial charge in [-0.3, -0.25) is 0 Å². The molecule has 0 amide bonds. The Balaban J connectivity index is 3.61. The number of carbonyl (C=O) groups is 1. The third-order valence-electron chi connectivity index (χ3n) is 2.67. The fourth-order valence-electron chi connectivity index (χ4n) is 1.97. The summed E-state index contributed by atoms with van der Waals surface area (Å²) in [7, 11) is 0.168. The molecule has 0 atom stereocenters. The Morgan fingerprint density at radius 2 is 1.84 bits per heavy atom. The van der Waals surface area contributed by atoms with E-state index >= 15 is 0 Å². The van der Waals surface area contributed by atoms with Crippen LogP contribution in [0.1, 0.15) is 36.7 Å². The van der Waals surface area contributed by atoms with Gasteiger partial charge in [0.15, 0.2) is 0 Å². The summed E-state index contributed by atoms with van der Waals surface area (Å²) >= 11 is 0. The molecule has 0 bridgehead atoms. The number of rotatable bonds is 4. The first-order valence-corrected chi connectivity index (χ1v) is 9.08. The molecule has 0 aromatic heterocycles. The minimum Gasteiger partial charge on any atom is -0.546 e. The summed E-state index contributed by atoms with van der Waals surface area (Å²) in [6.07, 6.45) is 0. The molecular formula is C14H22O4Si. The monoisotopic (exact) mass is 282 g/mol. The van der Waals surface area contributed by atoms with Crippen molar-refractivity contribution in [2.45, 2.75) is 39.3 Å². The Hall–Kier alpha value is -1.49. The smallest absolute Gasteiger partial charge is 0.339 e. The van der Waals surface area contributed by atoms with Crippen molar-refractivity contribution in [2.24, 2.45) is 0 Å². The van der Waals surface area contributed by atoms with Crippen LogP contribution in [0.25, 0.3) is 0 Å². The van der Waals surface area contributed by atoms with Crippen LogP contribution in [0, 0.1) is 0 Å².